The minimum Gasteiger partial charge on any atom is -0.497 e. The van der Waals surface area contributed by atoms with Crippen LogP contribution in [0.1, 0.15) is 0 Å². The highest BCUT2D eigenvalue weighted by atomic mass is 32.1. The van der Waals surface area contributed by atoms with E-state index in [-0.39, 0.29) is 10.6 Å². The predicted molar refractivity (Wildman–Crippen MR) is 72.5 cm³/mol. The van der Waals surface area contributed by atoms with E-state index >= 15 is 0 Å². The summed E-state index contributed by atoms with van der Waals surface area (Å²) in [6.45, 7) is 0. The second-order valence-corrected chi connectivity index (χ2v) is 4.99. The van der Waals surface area contributed by atoms with Crippen LogP contribution in [0.4, 0.5) is 5.69 Å². The molecule has 3 aromatic rings. The molecule has 1 heterocycles. The quantitative estimate of drug-likeness (QED) is 0.517. The van der Waals surface area contributed by atoms with Crippen molar-refractivity contribution >= 4 is 37.2 Å². The van der Waals surface area contributed by atoms with Crippen molar-refractivity contribution in [3.63, 3.8) is 0 Å². The van der Waals surface area contributed by atoms with Gasteiger partial charge in [-0.1, -0.05) is 0 Å². The van der Waals surface area contributed by atoms with Gasteiger partial charge in [0.2, 0.25) is 0 Å². The molecule has 0 aliphatic rings. The lowest BCUT2D eigenvalue weighted by molar-refractivity contribution is -0.384. The highest BCUT2D eigenvalue weighted by Crippen LogP contribution is 2.37. The monoisotopic (exact) mass is 259 g/mol. The van der Waals surface area contributed by atoms with Gasteiger partial charge in [-0.25, -0.2) is 0 Å². The molecule has 0 radical (unpaired) electrons. The van der Waals surface area contributed by atoms with E-state index in [1.54, 1.807) is 30.6 Å². The standard InChI is InChI=1S/C13H9NO3S/c1-17-9-3-5-13-11(7-9)10-6-8(14(15)16)2-4-12(10)18-13/h2-7H,1H3. The van der Waals surface area contributed by atoms with Crippen molar-refractivity contribution in [2.24, 2.45) is 0 Å². The van der Waals surface area contributed by atoms with Gasteiger partial charge in [0.1, 0.15) is 5.75 Å². The number of benzene rings is 2. The first kappa shape index (κ1) is 11.0. The summed E-state index contributed by atoms with van der Waals surface area (Å²) < 4.78 is 7.34. The molecule has 0 aliphatic carbocycles. The van der Waals surface area contributed by atoms with Gasteiger partial charge < -0.3 is 4.74 Å². The number of hydrogen-bond acceptors (Lipinski definition) is 4. The fraction of sp³-hybridized carbons (Fsp3) is 0.0769. The molecule has 3 rings (SSSR count). The summed E-state index contributed by atoms with van der Waals surface area (Å²) in [4.78, 5) is 10.4. The van der Waals surface area contributed by atoms with Crippen LogP contribution in [-0.4, -0.2) is 12.0 Å². The fourth-order valence-electron chi connectivity index (χ4n) is 1.99. The van der Waals surface area contributed by atoms with Crippen LogP contribution in [-0.2, 0) is 0 Å². The zero-order valence-corrected chi connectivity index (χ0v) is 10.4. The van der Waals surface area contributed by atoms with Crippen molar-refractivity contribution in [3.05, 3.63) is 46.5 Å². The summed E-state index contributed by atoms with van der Waals surface area (Å²) in [5, 5.41) is 12.7. The van der Waals surface area contributed by atoms with E-state index in [0.29, 0.717) is 0 Å². The summed E-state index contributed by atoms with van der Waals surface area (Å²) in [6.07, 6.45) is 0. The third kappa shape index (κ3) is 1.60. The molecule has 0 saturated heterocycles. The summed E-state index contributed by atoms with van der Waals surface area (Å²) in [6, 6.07) is 10.7. The third-order valence-electron chi connectivity index (χ3n) is 2.87. The Morgan fingerprint density at radius 1 is 1.11 bits per heavy atom. The first-order valence-corrected chi connectivity index (χ1v) is 6.15. The molecule has 0 bridgehead atoms. The molecule has 18 heavy (non-hydrogen) atoms. The van der Waals surface area contributed by atoms with Gasteiger partial charge in [0.25, 0.3) is 5.69 Å². The van der Waals surface area contributed by atoms with Crippen molar-refractivity contribution < 1.29 is 9.66 Å². The predicted octanol–water partition coefficient (Wildman–Crippen LogP) is 3.97. The first-order chi connectivity index (χ1) is 8.69. The van der Waals surface area contributed by atoms with E-state index in [1.807, 2.05) is 18.2 Å². The number of methoxy groups -OCH3 is 1. The molecule has 0 atom stereocenters. The van der Waals surface area contributed by atoms with Crippen LogP contribution >= 0.6 is 11.3 Å². The van der Waals surface area contributed by atoms with Crippen LogP contribution in [0.5, 0.6) is 5.75 Å². The average Bonchev–Trinajstić information content (AvgIpc) is 2.75. The second-order valence-electron chi connectivity index (χ2n) is 3.90. The number of fused-ring (bicyclic) bond motifs is 3. The minimum absolute atomic E-state index is 0.116. The zero-order valence-electron chi connectivity index (χ0n) is 9.54. The van der Waals surface area contributed by atoms with Crippen molar-refractivity contribution in [1.82, 2.24) is 0 Å². The zero-order chi connectivity index (χ0) is 12.7. The maximum atomic E-state index is 10.8. The van der Waals surface area contributed by atoms with Gasteiger partial charge in [-0.3, -0.25) is 10.1 Å². The largest absolute Gasteiger partial charge is 0.497 e. The SMILES string of the molecule is COc1ccc2sc3ccc([N+](=O)[O-])cc3c2c1. The molecule has 90 valence electrons. The van der Waals surface area contributed by atoms with Crippen molar-refractivity contribution in [2.75, 3.05) is 7.11 Å². The molecule has 0 saturated carbocycles. The van der Waals surface area contributed by atoms with Crippen LogP contribution in [0.3, 0.4) is 0 Å². The third-order valence-corrected chi connectivity index (χ3v) is 4.02. The summed E-state index contributed by atoms with van der Waals surface area (Å²) in [5.74, 6) is 0.758. The molecular formula is C13H9NO3S. The number of rotatable bonds is 2. The van der Waals surface area contributed by atoms with E-state index in [2.05, 4.69) is 0 Å². The van der Waals surface area contributed by atoms with Crippen LogP contribution in [0.25, 0.3) is 20.2 Å². The van der Waals surface area contributed by atoms with E-state index in [9.17, 15) is 10.1 Å². The van der Waals surface area contributed by atoms with Gasteiger partial charge in [-0.05, 0) is 24.3 Å². The highest BCUT2D eigenvalue weighted by Gasteiger charge is 2.11. The number of non-ortho nitro benzene ring substituents is 1. The maximum absolute atomic E-state index is 10.8. The lowest BCUT2D eigenvalue weighted by atomic mass is 10.1. The van der Waals surface area contributed by atoms with E-state index in [1.165, 1.54) is 6.07 Å². The maximum Gasteiger partial charge on any atom is 0.270 e. The van der Waals surface area contributed by atoms with Gasteiger partial charge >= 0.3 is 0 Å². The van der Waals surface area contributed by atoms with Crippen LogP contribution < -0.4 is 4.74 Å². The fourth-order valence-corrected chi connectivity index (χ4v) is 3.05. The van der Waals surface area contributed by atoms with Crippen LogP contribution in [0, 0.1) is 10.1 Å². The van der Waals surface area contributed by atoms with Crippen molar-refractivity contribution in [3.8, 4) is 5.75 Å². The normalized spacial score (nSPS) is 10.9. The first-order valence-electron chi connectivity index (χ1n) is 5.34. The van der Waals surface area contributed by atoms with E-state index < -0.39 is 0 Å². The number of hydrogen-bond donors (Lipinski definition) is 0. The van der Waals surface area contributed by atoms with Gasteiger partial charge in [0.15, 0.2) is 0 Å². The number of nitro groups is 1. The lowest BCUT2D eigenvalue weighted by Gasteiger charge is -1.98. The smallest absolute Gasteiger partial charge is 0.270 e. The molecule has 4 nitrogen and oxygen atoms in total. The molecule has 0 spiro atoms. The minimum atomic E-state index is -0.372. The lowest BCUT2D eigenvalue weighted by Crippen LogP contribution is -1.86. The molecule has 5 heteroatoms. The second kappa shape index (κ2) is 3.96. The number of ether oxygens (including phenoxy) is 1. The van der Waals surface area contributed by atoms with Crippen molar-refractivity contribution in [1.29, 1.82) is 0 Å². The summed E-state index contributed by atoms with van der Waals surface area (Å²) in [5.41, 5.74) is 0.116. The van der Waals surface area contributed by atoms with Crippen LogP contribution in [0.15, 0.2) is 36.4 Å². The molecule has 0 fully saturated rings. The van der Waals surface area contributed by atoms with Gasteiger partial charge in [0, 0.05) is 32.3 Å². The topological polar surface area (TPSA) is 52.4 Å². The van der Waals surface area contributed by atoms with Crippen molar-refractivity contribution in [2.45, 2.75) is 0 Å². The number of nitrogens with zero attached hydrogens (tertiary/aromatic N) is 1. The van der Waals surface area contributed by atoms with E-state index in [4.69, 9.17) is 4.74 Å². The van der Waals surface area contributed by atoms with E-state index in [0.717, 1.165) is 25.9 Å². The Labute approximate surface area is 107 Å². The molecule has 0 aliphatic heterocycles. The average molecular weight is 259 g/mol. The Hall–Kier alpha value is -2.14. The summed E-state index contributed by atoms with van der Waals surface area (Å²) >= 11 is 1.62. The molecule has 0 unspecified atom stereocenters. The van der Waals surface area contributed by atoms with Gasteiger partial charge in [0.05, 0.1) is 12.0 Å². The Morgan fingerprint density at radius 2 is 1.78 bits per heavy atom. The molecule has 2 aromatic carbocycles. The Bertz CT molecular complexity index is 763. The molecular weight excluding hydrogens is 250 g/mol. The Balaban J connectivity index is 2.37. The summed E-state index contributed by atoms with van der Waals surface area (Å²) in [7, 11) is 1.61. The highest BCUT2D eigenvalue weighted by molar-refractivity contribution is 7.25. The molecule has 0 N–H and O–H groups in total. The van der Waals surface area contributed by atoms with Gasteiger partial charge in [-0.2, -0.15) is 0 Å². The molecule has 0 amide bonds. The molecule has 1 aromatic heterocycles. The number of thiophene rings is 1. The van der Waals surface area contributed by atoms with Gasteiger partial charge in [-0.15, -0.1) is 11.3 Å². The number of nitro benzene ring substituents is 1. The Kier molecular flexibility index (Phi) is 2.41. The Morgan fingerprint density at radius 3 is 2.44 bits per heavy atom. The van der Waals surface area contributed by atoms with Crippen LogP contribution in [0.2, 0.25) is 0 Å².